The summed E-state index contributed by atoms with van der Waals surface area (Å²) in [4.78, 5) is 19.7. The highest BCUT2D eigenvalue weighted by Crippen LogP contribution is 2.28. The van der Waals surface area contributed by atoms with Crippen molar-refractivity contribution in [2.24, 2.45) is 5.92 Å². The lowest BCUT2D eigenvalue weighted by Gasteiger charge is -2.33. The van der Waals surface area contributed by atoms with Gasteiger partial charge in [-0.05, 0) is 73.9 Å². The maximum Gasteiger partial charge on any atom is 0.253 e. The predicted molar refractivity (Wildman–Crippen MR) is 131 cm³/mol. The molecule has 3 aromatic rings. The average molecular weight is 464 g/mol. The first kappa shape index (κ1) is 21.9. The molecule has 2 aliphatic rings. The van der Waals surface area contributed by atoms with Crippen molar-refractivity contribution in [3.8, 4) is 0 Å². The van der Waals surface area contributed by atoms with E-state index in [-0.39, 0.29) is 11.7 Å². The molecule has 3 heterocycles. The van der Waals surface area contributed by atoms with E-state index in [1.807, 2.05) is 23.2 Å². The molecule has 0 bridgehead atoms. The number of fused-ring (bicyclic) bond motifs is 1. The van der Waals surface area contributed by atoms with E-state index in [2.05, 4.69) is 23.2 Å². The molecule has 1 amide bonds. The maximum absolute atomic E-state index is 13.4. The third-order valence-electron chi connectivity index (χ3n) is 6.78. The number of rotatable bonds is 4. The molecule has 2 aliphatic heterocycles. The van der Waals surface area contributed by atoms with Gasteiger partial charge in [0.2, 0.25) is 10.0 Å². The summed E-state index contributed by atoms with van der Waals surface area (Å²) in [5.74, 6) is 0.539. The summed E-state index contributed by atoms with van der Waals surface area (Å²) >= 11 is 0. The summed E-state index contributed by atoms with van der Waals surface area (Å²) in [5, 5.41) is 1.18. The zero-order valence-electron chi connectivity index (χ0n) is 18.7. The molecule has 2 aromatic carbocycles. The quantitative estimate of drug-likeness (QED) is 0.580. The molecule has 5 rings (SSSR count). The van der Waals surface area contributed by atoms with Crippen molar-refractivity contribution in [1.82, 2.24) is 9.88 Å². The van der Waals surface area contributed by atoms with Crippen molar-refractivity contribution in [3.63, 3.8) is 0 Å². The number of aromatic nitrogens is 1. The number of anilines is 1. The van der Waals surface area contributed by atoms with Crippen molar-refractivity contribution in [1.29, 1.82) is 0 Å². The Hall–Kier alpha value is -2.93. The van der Waals surface area contributed by atoms with Crippen LogP contribution in [0.2, 0.25) is 0 Å². The number of pyridine rings is 1. The zero-order chi connectivity index (χ0) is 22.8. The lowest BCUT2D eigenvalue weighted by atomic mass is 9.89. The normalized spacial score (nSPS) is 20.7. The van der Waals surface area contributed by atoms with E-state index in [4.69, 9.17) is 0 Å². The maximum atomic E-state index is 13.4. The molecule has 172 valence electrons. The standard InChI is InChI=1S/C26H29N3O3S/c30-26(22-9-3-10-23(18-22)29-15-1-2-16-33(29,31)32)28-14-6-7-20(19-28)17-21-8-4-12-25-24(21)11-5-13-27-25/h3-5,8-13,18,20H,1-2,6-7,14-17,19H2/t20-/m0/s1. The number of nitrogens with zero attached hydrogens (tertiary/aromatic N) is 3. The third-order valence-corrected chi connectivity index (χ3v) is 8.65. The summed E-state index contributed by atoms with van der Waals surface area (Å²) in [5.41, 5.74) is 3.43. The van der Waals surface area contributed by atoms with Crippen LogP contribution in [0.1, 0.15) is 41.6 Å². The third kappa shape index (κ3) is 4.60. The molecule has 0 aliphatic carbocycles. The van der Waals surface area contributed by atoms with Crippen LogP contribution in [-0.4, -0.2) is 49.6 Å². The van der Waals surface area contributed by atoms with Gasteiger partial charge in [0, 0.05) is 36.8 Å². The van der Waals surface area contributed by atoms with Crippen LogP contribution in [-0.2, 0) is 16.4 Å². The van der Waals surface area contributed by atoms with Crippen molar-refractivity contribution < 1.29 is 13.2 Å². The molecular weight excluding hydrogens is 434 g/mol. The fraction of sp³-hybridized carbons (Fsp3) is 0.385. The summed E-state index contributed by atoms with van der Waals surface area (Å²) < 4.78 is 26.5. The molecule has 2 fully saturated rings. The van der Waals surface area contributed by atoms with Crippen LogP contribution in [0.15, 0.2) is 60.8 Å². The number of benzene rings is 2. The predicted octanol–water partition coefficient (Wildman–Crippen LogP) is 4.26. The Kier molecular flexibility index (Phi) is 6.06. The fourth-order valence-corrected chi connectivity index (χ4v) is 6.76. The lowest BCUT2D eigenvalue weighted by molar-refractivity contribution is 0.0673. The zero-order valence-corrected chi connectivity index (χ0v) is 19.5. The molecule has 0 spiro atoms. The van der Waals surface area contributed by atoms with Crippen molar-refractivity contribution in [2.45, 2.75) is 32.1 Å². The first-order chi connectivity index (χ1) is 16.0. The summed E-state index contributed by atoms with van der Waals surface area (Å²) in [6, 6.07) is 17.4. The van der Waals surface area contributed by atoms with Gasteiger partial charge in [-0.15, -0.1) is 0 Å². The molecule has 1 aromatic heterocycles. The largest absolute Gasteiger partial charge is 0.338 e. The Morgan fingerprint density at radius 2 is 1.88 bits per heavy atom. The van der Waals surface area contributed by atoms with Crippen LogP contribution >= 0.6 is 0 Å². The van der Waals surface area contributed by atoms with Crippen LogP contribution in [0, 0.1) is 5.92 Å². The molecule has 0 N–H and O–H groups in total. The second-order valence-electron chi connectivity index (χ2n) is 9.10. The van der Waals surface area contributed by atoms with Gasteiger partial charge in [0.05, 0.1) is 17.0 Å². The number of carbonyl (C=O) groups is 1. The van der Waals surface area contributed by atoms with E-state index >= 15 is 0 Å². The summed E-state index contributed by atoms with van der Waals surface area (Å²) in [7, 11) is -3.30. The van der Waals surface area contributed by atoms with Gasteiger partial charge >= 0.3 is 0 Å². The van der Waals surface area contributed by atoms with Gasteiger partial charge in [-0.3, -0.25) is 14.1 Å². The van der Waals surface area contributed by atoms with Crippen LogP contribution in [0.5, 0.6) is 0 Å². The minimum absolute atomic E-state index is 0.0180. The van der Waals surface area contributed by atoms with Crippen molar-refractivity contribution >= 4 is 32.5 Å². The van der Waals surface area contributed by atoms with Gasteiger partial charge in [0.1, 0.15) is 0 Å². The van der Waals surface area contributed by atoms with Gasteiger partial charge in [0.25, 0.3) is 5.91 Å². The van der Waals surface area contributed by atoms with Gasteiger partial charge < -0.3 is 4.90 Å². The number of hydrogen-bond donors (Lipinski definition) is 0. The Balaban J connectivity index is 1.32. The summed E-state index contributed by atoms with van der Waals surface area (Å²) in [6.45, 7) is 1.92. The average Bonchev–Trinajstić information content (AvgIpc) is 2.84. The van der Waals surface area contributed by atoms with E-state index in [0.29, 0.717) is 36.7 Å². The summed E-state index contributed by atoms with van der Waals surface area (Å²) in [6.07, 6.45) is 6.33. The number of sulfonamides is 1. The van der Waals surface area contributed by atoms with Crippen LogP contribution in [0.3, 0.4) is 0 Å². The lowest BCUT2D eigenvalue weighted by Crippen LogP contribution is -2.41. The number of likely N-dealkylation sites (tertiary alicyclic amines) is 1. The minimum Gasteiger partial charge on any atom is -0.338 e. The highest BCUT2D eigenvalue weighted by molar-refractivity contribution is 7.92. The Labute approximate surface area is 195 Å². The second kappa shape index (κ2) is 9.14. The minimum atomic E-state index is -3.30. The molecule has 33 heavy (non-hydrogen) atoms. The van der Waals surface area contributed by atoms with Crippen molar-refractivity contribution in [2.75, 3.05) is 29.7 Å². The van der Waals surface area contributed by atoms with E-state index in [1.54, 1.807) is 24.3 Å². The highest BCUT2D eigenvalue weighted by Gasteiger charge is 2.28. The van der Waals surface area contributed by atoms with Gasteiger partial charge in [-0.1, -0.05) is 24.3 Å². The van der Waals surface area contributed by atoms with E-state index in [0.717, 1.165) is 37.7 Å². The van der Waals surface area contributed by atoms with Gasteiger partial charge in [-0.2, -0.15) is 0 Å². The van der Waals surface area contributed by atoms with Crippen molar-refractivity contribution in [3.05, 3.63) is 71.9 Å². The number of carbonyl (C=O) groups excluding carboxylic acids is 1. The van der Waals surface area contributed by atoms with Crippen LogP contribution < -0.4 is 4.31 Å². The Morgan fingerprint density at radius 1 is 1.00 bits per heavy atom. The molecule has 0 saturated carbocycles. The smallest absolute Gasteiger partial charge is 0.253 e. The van der Waals surface area contributed by atoms with Gasteiger partial charge in [0.15, 0.2) is 0 Å². The SMILES string of the molecule is O=C(c1cccc(N2CCCCS2(=O)=O)c1)N1CCC[C@@H](Cc2cccc3ncccc23)C1. The molecule has 6 nitrogen and oxygen atoms in total. The van der Waals surface area contributed by atoms with E-state index in [9.17, 15) is 13.2 Å². The number of hydrogen-bond acceptors (Lipinski definition) is 4. The van der Waals surface area contributed by atoms with E-state index in [1.165, 1.54) is 15.3 Å². The first-order valence-corrected chi connectivity index (χ1v) is 13.3. The van der Waals surface area contributed by atoms with Crippen LogP contribution in [0.4, 0.5) is 5.69 Å². The monoisotopic (exact) mass is 463 g/mol. The second-order valence-corrected chi connectivity index (χ2v) is 11.1. The molecule has 0 radical (unpaired) electrons. The topological polar surface area (TPSA) is 70.6 Å². The molecule has 1 atom stereocenters. The van der Waals surface area contributed by atoms with E-state index < -0.39 is 10.0 Å². The Bertz CT molecular complexity index is 1270. The highest BCUT2D eigenvalue weighted by atomic mass is 32.2. The Morgan fingerprint density at radius 3 is 2.76 bits per heavy atom. The molecule has 0 unspecified atom stereocenters. The first-order valence-electron chi connectivity index (χ1n) is 11.7. The molecular formula is C26H29N3O3S. The number of amides is 1. The fourth-order valence-electron chi connectivity index (χ4n) is 5.13. The van der Waals surface area contributed by atoms with Crippen LogP contribution in [0.25, 0.3) is 10.9 Å². The molecule has 2 saturated heterocycles. The van der Waals surface area contributed by atoms with Gasteiger partial charge in [-0.25, -0.2) is 8.42 Å². The molecule has 7 heteroatoms. The number of piperidine rings is 1.